The molecule has 1 aromatic heterocycles. The average molecular weight is 303 g/mol. The fourth-order valence-corrected chi connectivity index (χ4v) is 3.33. The van der Waals surface area contributed by atoms with Gasteiger partial charge in [-0.3, -0.25) is 4.79 Å². The summed E-state index contributed by atoms with van der Waals surface area (Å²) in [5.74, 6) is 0.949. The van der Waals surface area contributed by atoms with Crippen molar-refractivity contribution < 1.29 is 4.79 Å². The van der Waals surface area contributed by atoms with Crippen molar-refractivity contribution >= 4 is 23.4 Å². The first-order valence-electron chi connectivity index (χ1n) is 6.89. The van der Waals surface area contributed by atoms with E-state index in [4.69, 9.17) is 5.73 Å². The average Bonchev–Trinajstić information content (AvgIpc) is 2.94. The minimum Gasteiger partial charge on any atom is -0.330 e. The third kappa shape index (κ3) is 3.08. The van der Waals surface area contributed by atoms with Gasteiger partial charge in [0.25, 0.3) is 0 Å². The fraction of sp³-hybridized carbons (Fsp3) is 0.357. The quantitative estimate of drug-likeness (QED) is 0.909. The highest BCUT2D eigenvalue weighted by Crippen LogP contribution is 2.34. The summed E-state index contributed by atoms with van der Waals surface area (Å²) < 4.78 is 1.58. The van der Waals surface area contributed by atoms with E-state index in [0.29, 0.717) is 13.0 Å². The van der Waals surface area contributed by atoms with Crippen molar-refractivity contribution in [2.45, 2.75) is 17.9 Å². The van der Waals surface area contributed by atoms with E-state index in [0.717, 1.165) is 28.6 Å². The highest BCUT2D eigenvalue weighted by Gasteiger charge is 2.22. The smallest absolute Gasteiger partial charge is 0.248 e. The summed E-state index contributed by atoms with van der Waals surface area (Å²) in [5, 5.41) is 7.99. The van der Waals surface area contributed by atoms with Crippen LogP contribution in [0.4, 0.5) is 5.69 Å². The van der Waals surface area contributed by atoms with Crippen molar-refractivity contribution in [3.8, 4) is 0 Å². The number of nitrogens with two attached hydrogens (primary N) is 1. The molecule has 21 heavy (non-hydrogen) atoms. The van der Waals surface area contributed by atoms with E-state index in [-0.39, 0.29) is 12.5 Å². The summed E-state index contributed by atoms with van der Waals surface area (Å²) in [5.41, 5.74) is 7.29. The minimum absolute atomic E-state index is 0.0342. The van der Waals surface area contributed by atoms with Crippen molar-refractivity contribution in [1.29, 1.82) is 0 Å². The second kappa shape index (κ2) is 6.28. The van der Waals surface area contributed by atoms with Gasteiger partial charge in [-0.15, -0.1) is 16.9 Å². The third-order valence-electron chi connectivity index (χ3n) is 3.31. The number of aromatic nitrogens is 3. The number of hydrogen-bond acceptors (Lipinski definition) is 5. The highest BCUT2D eigenvalue weighted by atomic mass is 32.2. The van der Waals surface area contributed by atoms with Crippen LogP contribution in [0.5, 0.6) is 0 Å². The van der Waals surface area contributed by atoms with Crippen LogP contribution in [0.3, 0.4) is 0 Å². The minimum atomic E-state index is 0.0342. The van der Waals surface area contributed by atoms with E-state index in [9.17, 15) is 4.79 Å². The van der Waals surface area contributed by atoms with E-state index >= 15 is 0 Å². The van der Waals surface area contributed by atoms with Crippen molar-refractivity contribution in [2.24, 2.45) is 5.73 Å². The van der Waals surface area contributed by atoms with Crippen molar-refractivity contribution in [2.75, 3.05) is 23.7 Å². The normalized spacial score (nSPS) is 14.0. The molecule has 2 heterocycles. The standard InChI is InChI=1S/C14H17N5OS/c15-6-5-11-9-18(17-16-11)10-14(20)19-7-8-21-13-4-2-1-3-12(13)19/h1-4,9H,5-8,10,15H2. The van der Waals surface area contributed by atoms with Crippen molar-refractivity contribution in [3.05, 3.63) is 36.2 Å². The number of carbonyl (C=O) groups excluding carboxylic acids is 1. The largest absolute Gasteiger partial charge is 0.330 e. The van der Waals surface area contributed by atoms with Gasteiger partial charge in [0, 0.05) is 29.8 Å². The molecule has 110 valence electrons. The second-order valence-electron chi connectivity index (χ2n) is 4.81. The summed E-state index contributed by atoms with van der Waals surface area (Å²) in [6.45, 7) is 1.46. The molecule has 0 saturated carbocycles. The number of benzene rings is 1. The molecular formula is C14H17N5OS. The first-order chi connectivity index (χ1) is 10.3. The lowest BCUT2D eigenvalue weighted by Gasteiger charge is -2.28. The van der Waals surface area contributed by atoms with E-state index in [1.165, 1.54) is 0 Å². The summed E-state index contributed by atoms with van der Waals surface area (Å²) in [4.78, 5) is 15.5. The van der Waals surface area contributed by atoms with Gasteiger partial charge in [0.1, 0.15) is 6.54 Å². The Kier molecular flexibility index (Phi) is 4.21. The number of amides is 1. The zero-order valence-electron chi connectivity index (χ0n) is 11.6. The van der Waals surface area contributed by atoms with Gasteiger partial charge in [-0.05, 0) is 18.7 Å². The van der Waals surface area contributed by atoms with Crippen molar-refractivity contribution in [3.63, 3.8) is 0 Å². The Labute approximate surface area is 127 Å². The third-order valence-corrected chi connectivity index (χ3v) is 4.36. The fourth-order valence-electron chi connectivity index (χ4n) is 2.33. The maximum Gasteiger partial charge on any atom is 0.248 e. The molecule has 0 atom stereocenters. The lowest BCUT2D eigenvalue weighted by molar-refractivity contribution is -0.119. The predicted molar refractivity (Wildman–Crippen MR) is 82.3 cm³/mol. The maximum absolute atomic E-state index is 12.5. The van der Waals surface area contributed by atoms with Gasteiger partial charge in [0.15, 0.2) is 0 Å². The first kappa shape index (κ1) is 14.1. The van der Waals surface area contributed by atoms with Gasteiger partial charge in [0.05, 0.1) is 11.4 Å². The van der Waals surface area contributed by atoms with Crippen LogP contribution in [0, 0.1) is 0 Å². The first-order valence-corrected chi connectivity index (χ1v) is 7.88. The number of nitrogens with zero attached hydrogens (tertiary/aromatic N) is 4. The molecule has 1 aliphatic rings. The van der Waals surface area contributed by atoms with E-state index in [2.05, 4.69) is 10.3 Å². The zero-order valence-corrected chi connectivity index (χ0v) is 12.4. The summed E-state index contributed by atoms with van der Waals surface area (Å²) in [6, 6.07) is 7.99. The predicted octanol–water partition coefficient (Wildman–Crippen LogP) is 0.918. The van der Waals surface area contributed by atoms with Crippen LogP contribution in [0.25, 0.3) is 0 Å². The Morgan fingerprint density at radius 3 is 3.10 bits per heavy atom. The van der Waals surface area contributed by atoms with Gasteiger partial charge in [-0.25, -0.2) is 4.68 Å². The molecule has 0 radical (unpaired) electrons. The van der Waals surface area contributed by atoms with Crippen LogP contribution in [0.1, 0.15) is 5.69 Å². The van der Waals surface area contributed by atoms with Gasteiger partial charge in [-0.2, -0.15) is 0 Å². The Hall–Kier alpha value is -1.86. The molecule has 0 fully saturated rings. The molecule has 0 bridgehead atoms. The Morgan fingerprint density at radius 2 is 2.24 bits per heavy atom. The molecule has 0 aliphatic carbocycles. The molecule has 2 aromatic rings. The SMILES string of the molecule is NCCc1cn(CC(=O)N2CCSc3ccccc32)nn1. The molecule has 7 heteroatoms. The van der Waals surface area contributed by atoms with Gasteiger partial charge in [0.2, 0.25) is 5.91 Å². The monoisotopic (exact) mass is 303 g/mol. The molecule has 0 unspecified atom stereocenters. The number of fused-ring (bicyclic) bond motifs is 1. The molecule has 1 aliphatic heterocycles. The van der Waals surface area contributed by atoms with Gasteiger partial charge in [-0.1, -0.05) is 17.3 Å². The lowest BCUT2D eigenvalue weighted by Crippen LogP contribution is -2.37. The zero-order chi connectivity index (χ0) is 14.7. The molecule has 1 amide bonds. The topological polar surface area (TPSA) is 77.0 Å². The highest BCUT2D eigenvalue weighted by molar-refractivity contribution is 7.99. The molecule has 0 saturated heterocycles. The van der Waals surface area contributed by atoms with Crippen LogP contribution < -0.4 is 10.6 Å². The second-order valence-corrected chi connectivity index (χ2v) is 5.94. The van der Waals surface area contributed by atoms with Crippen LogP contribution in [-0.2, 0) is 17.8 Å². The molecule has 0 spiro atoms. The number of hydrogen-bond donors (Lipinski definition) is 1. The van der Waals surface area contributed by atoms with Crippen LogP contribution in [-0.4, -0.2) is 39.7 Å². The Morgan fingerprint density at radius 1 is 1.38 bits per heavy atom. The van der Waals surface area contributed by atoms with E-state index in [1.807, 2.05) is 29.2 Å². The molecule has 1 aromatic carbocycles. The van der Waals surface area contributed by atoms with Crippen molar-refractivity contribution in [1.82, 2.24) is 15.0 Å². The Bertz CT molecular complexity index is 642. The number of carbonyl (C=O) groups is 1. The number of anilines is 1. The summed E-state index contributed by atoms with van der Waals surface area (Å²) in [6.07, 6.45) is 2.47. The maximum atomic E-state index is 12.5. The number of para-hydroxylation sites is 1. The summed E-state index contributed by atoms with van der Waals surface area (Å²) in [7, 11) is 0. The number of thioether (sulfide) groups is 1. The summed E-state index contributed by atoms with van der Waals surface area (Å²) >= 11 is 1.78. The molecule has 3 rings (SSSR count). The van der Waals surface area contributed by atoms with Gasteiger partial charge < -0.3 is 10.6 Å². The lowest BCUT2D eigenvalue weighted by atomic mass is 10.2. The van der Waals surface area contributed by atoms with E-state index < -0.39 is 0 Å². The molecule has 6 nitrogen and oxygen atoms in total. The van der Waals surface area contributed by atoms with Gasteiger partial charge >= 0.3 is 0 Å². The van der Waals surface area contributed by atoms with Crippen LogP contribution in [0.15, 0.2) is 35.4 Å². The molecule has 2 N–H and O–H groups in total. The number of rotatable bonds is 4. The Balaban J connectivity index is 1.74. The molecular weight excluding hydrogens is 286 g/mol. The van der Waals surface area contributed by atoms with Crippen LogP contribution >= 0.6 is 11.8 Å². The van der Waals surface area contributed by atoms with Crippen LogP contribution in [0.2, 0.25) is 0 Å². The van der Waals surface area contributed by atoms with E-state index in [1.54, 1.807) is 22.6 Å².